The summed E-state index contributed by atoms with van der Waals surface area (Å²) in [6.45, 7) is 7.12. The number of hydrogen-bond acceptors (Lipinski definition) is 6. The molecule has 29 heavy (non-hydrogen) atoms. The number of thioether (sulfide) groups is 1. The van der Waals surface area contributed by atoms with Crippen LogP contribution in [0.4, 0.5) is 0 Å². The van der Waals surface area contributed by atoms with Crippen LogP contribution in [0.3, 0.4) is 0 Å². The number of aromatic nitrogens is 3. The Bertz CT molecular complexity index is 921. The summed E-state index contributed by atoms with van der Waals surface area (Å²) in [5, 5.41) is 12.3. The Kier molecular flexibility index (Phi) is 7.48. The van der Waals surface area contributed by atoms with Crippen LogP contribution in [0.2, 0.25) is 0 Å². The zero-order valence-corrected chi connectivity index (χ0v) is 17.7. The number of aryl methyl sites for hydroxylation is 1. The highest BCUT2D eigenvalue weighted by molar-refractivity contribution is 7.99. The van der Waals surface area contributed by atoms with Crippen molar-refractivity contribution >= 4 is 17.7 Å². The van der Waals surface area contributed by atoms with E-state index in [-0.39, 0.29) is 17.8 Å². The molecule has 3 aromatic rings. The van der Waals surface area contributed by atoms with Gasteiger partial charge in [-0.1, -0.05) is 30.0 Å². The average Bonchev–Trinajstić information content (AvgIpc) is 3.32. The highest BCUT2D eigenvalue weighted by Gasteiger charge is 2.19. The Morgan fingerprint density at radius 2 is 2.03 bits per heavy atom. The fraction of sp³-hybridized carbons (Fsp3) is 0.381. The van der Waals surface area contributed by atoms with Crippen LogP contribution in [0.15, 0.2) is 52.2 Å². The molecule has 0 bridgehead atoms. The lowest BCUT2D eigenvalue weighted by molar-refractivity contribution is -0.118. The SMILES string of the molecule is Cc1occc1-c1nnc(SCC(=O)NCCCOC(C)C)n1-c1ccccc1. The number of ether oxygens (including phenoxy) is 1. The summed E-state index contributed by atoms with van der Waals surface area (Å²) in [4.78, 5) is 12.2. The minimum Gasteiger partial charge on any atom is -0.469 e. The van der Waals surface area contributed by atoms with E-state index < -0.39 is 0 Å². The number of amides is 1. The third-order valence-electron chi connectivity index (χ3n) is 4.17. The quantitative estimate of drug-likeness (QED) is 0.401. The molecule has 2 aromatic heterocycles. The third kappa shape index (κ3) is 5.71. The minimum absolute atomic E-state index is 0.0387. The van der Waals surface area contributed by atoms with E-state index in [1.54, 1.807) is 6.26 Å². The van der Waals surface area contributed by atoms with Gasteiger partial charge in [-0.25, -0.2) is 0 Å². The first-order chi connectivity index (χ1) is 14.1. The maximum atomic E-state index is 12.2. The van der Waals surface area contributed by atoms with Gasteiger partial charge in [0.15, 0.2) is 11.0 Å². The predicted molar refractivity (Wildman–Crippen MR) is 113 cm³/mol. The normalized spacial score (nSPS) is 11.2. The largest absolute Gasteiger partial charge is 0.469 e. The smallest absolute Gasteiger partial charge is 0.230 e. The van der Waals surface area contributed by atoms with E-state index in [0.29, 0.717) is 24.1 Å². The number of nitrogens with one attached hydrogen (secondary N) is 1. The van der Waals surface area contributed by atoms with Gasteiger partial charge in [-0.3, -0.25) is 9.36 Å². The van der Waals surface area contributed by atoms with Crippen LogP contribution in [0, 0.1) is 6.92 Å². The molecule has 3 rings (SSSR count). The van der Waals surface area contributed by atoms with Crippen LogP contribution >= 0.6 is 11.8 Å². The van der Waals surface area contributed by atoms with Gasteiger partial charge in [0.1, 0.15) is 5.76 Å². The summed E-state index contributed by atoms with van der Waals surface area (Å²) in [7, 11) is 0. The van der Waals surface area contributed by atoms with Gasteiger partial charge < -0.3 is 14.5 Å². The van der Waals surface area contributed by atoms with Crippen LogP contribution in [0.1, 0.15) is 26.0 Å². The number of benzene rings is 1. The highest BCUT2D eigenvalue weighted by atomic mass is 32.2. The molecule has 0 aliphatic rings. The van der Waals surface area contributed by atoms with Crippen LogP contribution < -0.4 is 5.32 Å². The Balaban J connectivity index is 1.68. The predicted octanol–water partition coefficient (Wildman–Crippen LogP) is 3.86. The molecule has 154 valence electrons. The van der Waals surface area contributed by atoms with E-state index >= 15 is 0 Å². The van der Waals surface area contributed by atoms with Gasteiger partial charge in [0.05, 0.1) is 23.7 Å². The third-order valence-corrected chi connectivity index (χ3v) is 5.10. The number of rotatable bonds is 10. The van der Waals surface area contributed by atoms with Gasteiger partial charge in [0.2, 0.25) is 5.91 Å². The maximum Gasteiger partial charge on any atom is 0.230 e. The fourth-order valence-corrected chi connectivity index (χ4v) is 3.55. The molecular formula is C21H26N4O3S. The molecule has 1 aromatic carbocycles. The van der Waals surface area contributed by atoms with Crippen molar-refractivity contribution in [3.05, 3.63) is 48.4 Å². The number of nitrogens with zero attached hydrogens (tertiary/aromatic N) is 3. The number of hydrogen-bond donors (Lipinski definition) is 1. The molecule has 0 unspecified atom stereocenters. The van der Waals surface area contributed by atoms with Crippen molar-refractivity contribution in [1.82, 2.24) is 20.1 Å². The Hall–Kier alpha value is -2.58. The van der Waals surface area contributed by atoms with Gasteiger partial charge >= 0.3 is 0 Å². The Morgan fingerprint density at radius 1 is 1.24 bits per heavy atom. The summed E-state index contributed by atoms with van der Waals surface area (Å²) in [5.41, 5.74) is 1.81. The summed E-state index contributed by atoms with van der Waals surface area (Å²) in [6.07, 6.45) is 2.63. The second-order valence-electron chi connectivity index (χ2n) is 6.78. The molecule has 0 atom stereocenters. The lowest BCUT2D eigenvalue weighted by Gasteiger charge is -2.10. The van der Waals surface area contributed by atoms with Crippen molar-refractivity contribution in [1.29, 1.82) is 0 Å². The van der Waals surface area contributed by atoms with Gasteiger partial charge in [-0.15, -0.1) is 10.2 Å². The molecule has 0 aliphatic carbocycles. The highest BCUT2D eigenvalue weighted by Crippen LogP contribution is 2.30. The first-order valence-electron chi connectivity index (χ1n) is 9.62. The van der Waals surface area contributed by atoms with Crippen molar-refractivity contribution in [2.45, 2.75) is 38.5 Å². The molecule has 7 nitrogen and oxygen atoms in total. The van der Waals surface area contributed by atoms with E-state index in [9.17, 15) is 4.79 Å². The van der Waals surface area contributed by atoms with E-state index in [1.807, 2.05) is 61.7 Å². The standard InChI is InChI=1S/C21H26N4O3S/c1-15(2)27-12-7-11-22-19(26)14-29-21-24-23-20(18-10-13-28-16(18)3)25(21)17-8-5-4-6-9-17/h4-6,8-10,13,15H,7,11-12,14H2,1-3H3,(H,22,26). The molecule has 0 spiro atoms. The molecule has 0 fully saturated rings. The molecule has 8 heteroatoms. The molecule has 1 N–H and O–H groups in total. The molecule has 0 saturated heterocycles. The summed E-state index contributed by atoms with van der Waals surface area (Å²) in [5.74, 6) is 1.69. The molecular weight excluding hydrogens is 388 g/mol. The van der Waals surface area contributed by atoms with Crippen molar-refractivity contribution in [3.8, 4) is 17.1 Å². The van der Waals surface area contributed by atoms with Gasteiger partial charge in [-0.2, -0.15) is 0 Å². The monoisotopic (exact) mass is 414 g/mol. The van der Waals surface area contributed by atoms with E-state index in [1.165, 1.54) is 11.8 Å². The fourth-order valence-electron chi connectivity index (χ4n) is 2.76. The van der Waals surface area contributed by atoms with Crippen LogP contribution in [0.25, 0.3) is 17.1 Å². The second kappa shape index (κ2) is 10.3. The molecule has 0 radical (unpaired) electrons. The minimum atomic E-state index is -0.0387. The molecule has 0 aliphatic heterocycles. The maximum absolute atomic E-state index is 12.2. The lowest BCUT2D eigenvalue weighted by Crippen LogP contribution is -2.27. The molecule has 0 saturated carbocycles. The summed E-state index contributed by atoms with van der Waals surface area (Å²) < 4.78 is 12.9. The summed E-state index contributed by atoms with van der Waals surface area (Å²) >= 11 is 1.36. The Labute approximate surface area is 174 Å². The van der Waals surface area contributed by atoms with Crippen LogP contribution in [-0.2, 0) is 9.53 Å². The van der Waals surface area contributed by atoms with Crippen molar-refractivity contribution in [3.63, 3.8) is 0 Å². The van der Waals surface area contributed by atoms with Crippen molar-refractivity contribution in [2.75, 3.05) is 18.9 Å². The van der Waals surface area contributed by atoms with E-state index in [2.05, 4.69) is 15.5 Å². The zero-order chi connectivity index (χ0) is 20.6. The average molecular weight is 415 g/mol. The van der Waals surface area contributed by atoms with Gasteiger partial charge in [-0.05, 0) is 45.4 Å². The van der Waals surface area contributed by atoms with Crippen LogP contribution in [-0.4, -0.2) is 45.7 Å². The van der Waals surface area contributed by atoms with Crippen molar-refractivity contribution < 1.29 is 13.9 Å². The van der Waals surface area contributed by atoms with E-state index in [4.69, 9.17) is 9.15 Å². The first kappa shape index (κ1) is 21.1. The summed E-state index contributed by atoms with van der Waals surface area (Å²) in [6, 6.07) is 11.7. The molecule has 2 heterocycles. The topological polar surface area (TPSA) is 82.2 Å². The first-order valence-corrected chi connectivity index (χ1v) is 10.6. The van der Waals surface area contributed by atoms with Crippen molar-refractivity contribution in [2.24, 2.45) is 0 Å². The molecule has 1 amide bonds. The number of furan rings is 1. The van der Waals surface area contributed by atoms with Crippen LogP contribution in [0.5, 0.6) is 0 Å². The Morgan fingerprint density at radius 3 is 2.72 bits per heavy atom. The second-order valence-corrected chi connectivity index (χ2v) is 7.72. The zero-order valence-electron chi connectivity index (χ0n) is 16.9. The van der Waals surface area contributed by atoms with E-state index in [0.717, 1.165) is 23.4 Å². The van der Waals surface area contributed by atoms with Gasteiger partial charge in [0.25, 0.3) is 0 Å². The number of carbonyl (C=O) groups is 1. The van der Waals surface area contributed by atoms with Gasteiger partial charge in [0, 0.05) is 18.8 Å². The number of para-hydroxylation sites is 1. The number of carbonyl (C=O) groups excluding carboxylic acids is 1. The lowest BCUT2D eigenvalue weighted by atomic mass is 10.2.